The summed E-state index contributed by atoms with van der Waals surface area (Å²) >= 11 is 7.58. The Morgan fingerprint density at radius 3 is 3.00 bits per heavy atom. The molecule has 0 atom stereocenters. The summed E-state index contributed by atoms with van der Waals surface area (Å²) in [5.74, 6) is -0.329. The van der Waals surface area contributed by atoms with Crippen LogP contribution in [0.1, 0.15) is 5.01 Å². The second-order valence-electron chi connectivity index (χ2n) is 3.60. The second-order valence-corrected chi connectivity index (χ2v) is 4.95. The first kappa shape index (κ1) is 12.5. The fraction of sp³-hybridized carbons (Fsp3) is 0.250. The molecule has 0 aliphatic carbocycles. The Hall–Kier alpha value is -0.970. The highest BCUT2D eigenvalue weighted by atomic mass is 35.5. The lowest BCUT2D eigenvalue weighted by Gasteiger charge is -2.00. The van der Waals surface area contributed by atoms with Gasteiger partial charge in [0.05, 0.1) is 15.7 Å². The molecule has 0 bridgehead atoms. The number of aromatic nitrogens is 1. The van der Waals surface area contributed by atoms with Crippen molar-refractivity contribution < 1.29 is 4.39 Å². The molecule has 2 aromatic rings. The molecule has 2 nitrogen and oxygen atoms in total. The molecule has 5 heteroatoms. The standard InChI is InChI=1S/C12H12ClFN2S/c1-15-5-4-12-16-11(7-17-12)9-3-2-8(14)6-10(9)13/h2-3,6-7,15H,4-5H2,1H3. The Morgan fingerprint density at radius 1 is 1.47 bits per heavy atom. The molecule has 17 heavy (non-hydrogen) atoms. The molecule has 0 fully saturated rings. The Balaban J connectivity index is 2.24. The second kappa shape index (κ2) is 5.58. The largest absolute Gasteiger partial charge is 0.319 e. The van der Waals surface area contributed by atoms with E-state index in [1.165, 1.54) is 12.1 Å². The Morgan fingerprint density at radius 2 is 2.29 bits per heavy atom. The van der Waals surface area contributed by atoms with Gasteiger partial charge in [-0.1, -0.05) is 11.6 Å². The molecule has 1 aromatic carbocycles. The van der Waals surface area contributed by atoms with Crippen molar-refractivity contribution in [2.24, 2.45) is 0 Å². The first-order chi connectivity index (χ1) is 8.20. The van der Waals surface area contributed by atoms with Crippen LogP contribution in [0.15, 0.2) is 23.6 Å². The number of hydrogen-bond acceptors (Lipinski definition) is 3. The molecule has 1 heterocycles. The van der Waals surface area contributed by atoms with E-state index in [4.69, 9.17) is 11.6 Å². The smallest absolute Gasteiger partial charge is 0.124 e. The van der Waals surface area contributed by atoms with Gasteiger partial charge in [0.15, 0.2) is 0 Å². The van der Waals surface area contributed by atoms with E-state index < -0.39 is 0 Å². The van der Waals surface area contributed by atoms with Crippen LogP contribution in [-0.2, 0) is 6.42 Å². The first-order valence-corrected chi connectivity index (χ1v) is 6.51. The average molecular weight is 271 g/mol. The van der Waals surface area contributed by atoms with Crippen molar-refractivity contribution in [3.8, 4) is 11.3 Å². The van der Waals surface area contributed by atoms with Crippen LogP contribution >= 0.6 is 22.9 Å². The molecule has 0 unspecified atom stereocenters. The third kappa shape index (κ3) is 3.03. The summed E-state index contributed by atoms with van der Waals surface area (Å²) in [6, 6.07) is 4.37. The maximum Gasteiger partial charge on any atom is 0.124 e. The van der Waals surface area contributed by atoms with E-state index in [0.717, 1.165) is 29.2 Å². The number of rotatable bonds is 4. The van der Waals surface area contributed by atoms with Crippen molar-refractivity contribution in [3.05, 3.63) is 39.4 Å². The predicted octanol–water partition coefficient (Wildman–Crippen LogP) is 3.36. The highest BCUT2D eigenvalue weighted by Crippen LogP contribution is 2.29. The Kier molecular flexibility index (Phi) is 4.10. The number of thiazole rings is 1. The monoisotopic (exact) mass is 270 g/mol. The summed E-state index contributed by atoms with van der Waals surface area (Å²) in [4.78, 5) is 4.48. The maximum atomic E-state index is 12.9. The predicted molar refractivity (Wildman–Crippen MR) is 70.1 cm³/mol. The fourth-order valence-electron chi connectivity index (χ4n) is 1.48. The van der Waals surface area contributed by atoms with Gasteiger partial charge in [0.25, 0.3) is 0 Å². The molecule has 1 aromatic heterocycles. The van der Waals surface area contributed by atoms with Crippen LogP contribution in [0.4, 0.5) is 4.39 Å². The van der Waals surface area contributed by atoms with Gasteiger partial charge in [0.2, 0.25) is 0 Å². The highest BCUT2D eigenvalue weighted by molar-refractivity contribution is 7.09. The van der Waals surface area contributed by atoms with Crippen molar-refractivity contribution in [1.82, 2.24) is 10.3 Å². The van der Waals surface area contributed by atoms with E-state index >= 15 is 0 Å². The summed E-state index contributed by atoms with van der Waals surface area (Å²) < 4.78 is 12.9. The van der Waals surface area contributed by atoms with E-state index in [2.05, 4.69) is 10.3 Å². The maximum absolute atomic E-state index is 12.9. The lowest BCUT2D eigenvalue weighted by molar-refractivity contribution is 0.628. The van der Waals surface area contributed by atoms with Crippen LogP contribution in [0.5, 0.6) is 0 Å². The number of likely N-dealkylation sites (N-methyl/N-ethyl adjacent to an activating group) is 1. The quantitative estimate of drug-likeness (QED) is 0.921. The van der Waals surface area contributed by atoms with Crippen LogP contribution in [0.2, 0.25) is 5.02 Å². The Labute approximate surface area is 108 Å². The van der Waals surface area contributed by atoms with Gasteiger partial charge in [-0.25, -0.2) is 9.37 Å². The molecular formula is C12H12ClFN2S. The summed E-state index contributed by atoms with van der Waals surface area (Å²) in [5, 5.41) is 6.47. The molecule has 0 spiro atoms. The van der Waals surface area contributed by atoms with Gasteiger partial charge in [-0.3, -0.25) is 0 Å². The zero-order valence-corrected chi connectivity index (χ0v) is 10.9. The van der Waals surface area contributed by atoms with Crippen molar-refractivity contribution in [2.45, 2.75) is 6.42 Å². The number of halogens is 2. The molecule has 0 amide bonds. The van der Waals surface area contributed by atoms with Gasteiger partial charge >= 0.3 is 0 Å². The molecule has 90 valence electrons. The minimum atomic E-state index is -0.329. The highest BCUT2D eigenvalue weighted by Gasteiger charge is 2.08. The SMILES string of the molecule is CNCCc1nc(-c2ccc(F)cc2Cl)cs1. The molecular weight excluding hydrogens is 259 g/mol. The number of nitrogens with zero attached hydrogens (tertiary/aromatic N) is 1. The zero-order valence-electron chi connectivity index (χ0n) is 9.34. The zero-order chi connectivity index (χ0) is 12.3. The van der Waals surface area contributed by atoms with E-state index in [-0.39, 0.29) is 5.82 Å². The van der Waals surface area contributed by atoms with Crippen LogP contribution < -0.4 is 5.32 Å². The summed E-state index contributed by atoms with van der Waals surface area (Å²) in [7, 11) is 1.91. The molecule has 0 saturated carbocycles. The topological polar surface area (TPSA) is 24.9 Å². The van der Waals surface area contributed by atoms with Crippen LogP contribution in [-0.4, -0.2) is 18.6 Å². The van der Waals surface area contributed by atoms with E-state index in [1.54, 1.807) is 17.4 Å². The summed E-state index contributed by atoms with van der Waals surface area (Å²) in [6.45, 7) is 0.893. The molecule has 0 aliphatic rings. The van der Waals surface area contributed by atoms with Gasteiger partial charge in [-0.05, 0) is 25.2 Å². The summed E-state index contributed by atoms with van der Waals surface area (Å²) in [5.41, 5.74) is 1.59. The lowest BCUT2D eigenvalue weighted by atomic mass is 10.2. The van der Waals surface area contributed by atoms with Gasteiger partial charge in [0, 0.05) is 23.9 Å². The third-order valence-electron chi connectivity index (χ3n) is 2.35. The number of benzene rings is 1. The van der Waals surface area contributed by atoms with Gasteiger partial charge in [-0.2, -0.15) is 0 Å². The van der Waals surface area contributed by atoms with Crippen molar-refractivity contribution >= 4 is 22.9 Å². The van der Waals surface area contributed by atoms with Crippen molar-refractivity contribution in [3.63, 3.8) is 0 Å². The van der Waals surface area contributed by atoms with Crippen molar-refractivity contribution in [2.75, 3.05) is 13.6 Å². The molecule has 2 rings (SSSR count). The normalized spacial score (nSPS) is 10.8. The van der Waals surface area contributed by atoms with E-state index in [9.17, 15) is 4.39 Å². The van der Waals surface area contributed by atoms with Gasteiger partial charge in [-0.15, -0.1) is 11.3 Å². The first-order valence-electron chi connectivity index (χ1n) is 5.25. The number of nitrogens with one attached hydrogen (secondary N) is 1. The minimum absolute atomic E-state index is 0.329. The molecule has 0 aliphatic heterocycles. The van der Waals surface area contributed by atoms with Gasteiger partial charge in [0.1, 0.15) is 5.82 Å². The van der Waals surface area contributed by atoms with Gasteiger partial charge < -0.3 is 5.32 Å². The third-order valence-corrected chi connectivity index (χ3v) is 3.57. The van der Waals surface area contributed by atoms with E-state index in [1.807, 2.05) is 12.4 Å². The van der Waals surface area contributed by atoms with E-state index in [0.29, 0.717) is 5.02 Å². The molecule has 1 N–H and O–H groups in total. The van der Waals surface area contributed by atoms with Crippen molar-refractivity contribution in [1.29, 1.82) is 0 Å². The average Bonchev–Trinajstić information content (AvgIpc) is 2.75. The Bertz CT molecular complexity index is 513. The summed E-state index contributed by atoms with van der Waals surface area (Å²) in [6.07, 6.45) is 0.889. The van der Waals surface area contributed by atoms with Crippen LogP contribution in [0, 0.1) is 5.82 Å². The molecule has 0 radical (unpaired) electrons. The fourth-order valence-corrected chi connectivity index (χ4v) is 2.54. The lowest BCUT2D eigenvalue weighted by Crippen LogP contribution is -2.09. The van der Waals surface area contributed by atoms with Crippen LogP contribution in [0.3, 0.4) is 0 Å². The number of hydrogen-bond donors (Lipinski definition) is 1. The molecule has 0 saturated heterocycles. The van der Waals surface area contributed by atoms with Crippen LogP contribution in [0.25, 0.3) is 11.3 Å². The minimum Gasteiger partial charge on any atom is -0.319 e.